The highest BCUT2D eigenvalue weighted by Crippen LogP contribution is 2.11. The molecule has 2 aliphatic heterocycles. The molecule has 0 spiro atoms. The van der Waals surface area contributed by atoms with E-state index in [1.165, 1.54) is 0 Å². The van der Waals surface area contributed by atoms with Gasteiger partial charge in [0.05, 0.1) is 13.2 Å². The Balaban J connectivity index is 1.65. The van der Waals surface area contributed by atoms with E-state index in [1.807, 2.05) is 6.92 Å². The van der Waals surface area contributed by atoms with Crippen LogP contribution in [0.5, 0.6) is 0 Å². The molecule has 1 N–H and O–H groups in total. The molecule has 22 heavy (non-hydrogen) atoms. The Hall–Kier alpha value is -1.34. The van der Waals surface area contributed by atoms with Gasteiger partial charge in [0.1, 0.15) is 0 Å². The quantitative estimate of drug-likeness (QED) is 0.790. The average Bonchev–Trinajstić information content (AvgIpc) is 2.50. The van der Waals surface area contributed by atoms with Crippen LogP contribution in [0.25, 0.3) is 0 Å². The van der Waals surface area contributed by atoms with Crippen LogP contribution >= 0.6 is 0 Å². The maximum atomic E-state index is 12.1. The van der Waals surface area contributed by atoms with Gasteiger partial charge in [0.25, 0.3) is 0 Å². The largest absolute Gasteiger partial charge is 0.450 e. The lowest BCUT2D eigenvalue weighted by Gasteiger charge is -2.34. The molecule has 0 aromatic carbocycles. The summed E-state index contributed by atoms with van der Waals surface area (Å²) in [6, 6.07) is 0.172. The van der Waals surface area contributed by atoms with E-state index < -0.39 is 0 Å². The number of likely N-dealkylation sites (tertiary alicyclic amines) is 1. The summed E-state index contributed by atoms with van der Waals surface area (Å²) >= 11 is 0. The van der Waals surface area contributed by atoms with E-state index in [0.717, 1.165) is 39.0 Å². The highest BCUT2D eigenvalue weighted by molar-refractivity contribution is 5.78. The van der Waals surface area contributed by atoms with Crippen molar-refractivity contribution in [3.63, 3.8) is 0 Å². The lowest BCUT2D eigenvalue weighted by Crippen LogP contribution is -2.51. The Kier molecular flexibility index (Phi) is 6.45. The van der Waals surface area contributed by atoms with Crippen molar-refractivity contribution in [2.45, 2.75) is 25.8 Å². The minimum atomic E-state index is -0.246. The van der Waals surface area contributed by atoms with E-state index in [9.17, 15) is 9.59 Å². The van der Waals surface area contributed by atoms with Gasteiger partial charge in [-0.15, -0.1) is 0 Å². The van der Waals surface area contributed by atoms with Crippen molar-refractivity contribution in [3.8, 4) is 0 Å². The highest BCUT2D eigenvalue weighted by atomic mass is 16.6. The number of hydrogen-bond acceptors (Lipinski definition) is 5. The number of carbonyl (C=O) groups excluding carboxylic acids is 2. The molecular formula is C15H28N4O3. The highest BCUT2D eigenvalue weighted by Gasteiger charge is 2.25. The van der Waals surface area contributed by atoms with Crippen molar-refractivity contribution in [3.05, 3.63) is 0 Å². The van der Waals surface area contributed by atoms with Gasteiger partial charge in [-0.1, -0.05) is 0 Å². The van der Waals surface area contributed by atoms with E-state index in [2.05, 4.69) is 22.2 Å². The summed E-state index contributed by atoms with van der Waals surface area (Å²) in [5.41, 5.74) is 0. The second-order valence-corrected chi connectivity index (χ2v) is 6.11. The number of nitrogens with one attached hydrogen (secondary N) is 1. The summed E-state index contributed by atoms with van der Waals surface area (Å²) in [4.78, 5) is 29.9. The second kappa shape index (κ2) is 8.33. The van der Waals surface area contributed by atoms with Crippen LogP contribution in [0.4, 0.5) is 4.79 Å². The first kappa shape index (κ1) is 17.0. The monoisotopic (exact) mass is 312 g/mol. The molecule has 2 heterocycles. The summed E-state index contributed by atoms with van der Waals surface area (Å²) in [5.74, 6) is 0.0964. The molecule has 0 saturated carbocycles. The number of piperidine rings is 1. The summed E-state index contributed by atoms with van der Waals surface area (Å²) in [7, 11) is 2.11. The first-order chi connectivity index (χ1) is 10.6. The van der Waals surface area contributed by atoms with Crippen LogP contribution in [0.3, 0.4) is 0 Å². The molecule has 0 aromatic rings. The van der Waals surface area contributed by atoms with E-state index in [0.29, 0.717) is 26.2 Å². The van der Waals surface area contributed by atoms with Gasteiger partial charge in [0.2, 0.25) is 5.91 Å². The van der Waals surface area contributed by atoms with Gasteiger partial charge in [-0.25, -0.2) is 4.79 Å². The number of likely N-dealkylation sites (N-methyl/N-ethyl adjacent to an activating group) is 1. The molecule has 7 heteroatoms. The Morgan fingerprint density at radius 2 is 1.73 bits per heavy atom. The zero-order valence-electron chi connectivity index (χ0n) is 13.7. The third kappa shape index (κ3) is 5.14. The molecule has 2 aliphatic rings. The van der Waals surface area contributed by atoms with Gasteiger partial charge < -0.3 is 19.9 Å². The van der Waals surface area contributed by atoms with Crippen molar-refractivity contribution >= 4 is 12.0 Å². The third-order valence-electron chi connectivity index (χ3n) is 4.35. The standard InChI is InChI=1S/C15H28N4O3/c1-3-22-15(21)19-6-4-13(5-7-19)16-14(20)12-18-10-8-17(2)9-11-18/h13H,3-12H2,1-2H3,(H,16,20). The molecule has 0 aliphatic carbocycles. The lowest BCUT2D eigenvalue weighted by atomic mass is 10.1. The van der Waals surface area contributed by atoms with E-state index in [1.54, 1.807) is 4.90 Å². The van der Waals surface area contributed by atoms with E-state index in [4.69, 9.17) is 4.74 Å². The smallest absolute Gasteiger partial charge is 0.409 e. The summed E-state index contributed by atoms with van der Waals surface area (Å²) in [6.07, 6.45) is 1.35. The first-order valence-electron chi connectivity index (χ1n) is 8.20. The van der Waals surface area contributed by atoms with Crippen LogP contribution < -0.4 is 5.32 Å². The predicted octanol–water partition coefficient (Wildman–Crippen LogP) is -0.0291. The van der Waals surface area contributed by atoms with Gasteiger partial charge in [-0.3, -0.25) is 9.69 Å². The zero-order valence-corrected chi connectivity index (χ0v) is 13.7. The number of hydrogen-bond donors (Lipinski definition) is 1. The molecule has 0 aromatic heterocycles. The number of carbonyl (C=O) groups is 2. The molecule has 7 nitrogen and oxygen atoms in total. The fourth-order valence-corrected chi connectivity index (χ4v) is 2.90. The van der Waals surface area contributed by atoms with Gasteiger partial charge in [-0.05, 0) is 26.8 Å². The summed E-state index contributed by atoms with van der Waals surface area (Å²) in [5, 5.41) is 3.10. The number of amides is 2. The third-order valence-corrected chi connectivity index (χ3v) is 4.35. The van der Waals surface area contributed by atoms with Crippen LogP contribution in [0.1, 0.15) is 19.8 Å². The van der Waals surface area contributed by atoms with Crippen LogP contribution in [-0.4, -0.2) is 92.2 Å². The van der Waals surface area contributed by atoms with Crippen molar-refractivity contribution < 1.29 is 14.3 Å². The maximum Gasteiger partial charge on any atom is 0.409 e. The zero-order chi connectivity index (χ0) is 15.9. The Morgan fingerprint density at radius 3 is 2.32 bits per heavy atom. The van der Waals surface area contributed by atoms with Crippen molar-refractivity contribution in [1.82, 2.24) is 20.0 Å². The molecule has 126 valence electrons. The summed E-state index contributed by atoms with van der Waals surface area (Å²) < 4.78 is 5.00. The fourth-order valence-electron chi connectivity index (χ4n) is 2.90. The Bertz CT molecular complexity index is 375. The minimum Gasteiger partial charge on any atom is -0.450 e. The van der Waals surface area contributed by atoms with Crippen LogP contribution in [0, 0.1) is 0 Å². The number of rotatable bonds is 4. The maximum absolute atomic E-state index is 12.1. The number of nitrogens with zero attached hydrogens (tertiary/aromatic N) is 3. The second-order valence-electron chi connectivity index (χ2n) is 6.11. The summed E-state index contributed by atoms with van der Waals surface area (Å²) in [6.45, 7) is 7.93. The predicted molar refractivity (Wildman–Crippen MR) is 83.7 cm³/mol. The van der Waals surface area contributed by atoms with Crippen molar-refractivity contribution in [2.75, 3.05) is 59.5 Å². The van der Waals surface area contributed by atoms with Crippen LogP contribution in [0.15, 0.2) is 0 Å². The van der Waals surface area contributed by atoms with Gasteiger partial charge in [-0.2, -0.15) is 0 Å². The minimum absolute atomic E-state index is 0.0964. The SMILES string of the molecule is CCOC(=O)N1CCC(NC(=O)CN2CCN(C)CC2)CC1. The number of piperazine rings is 1. The van der Waals surface area contributed by atoms with Crippen molar-refractivity contribution in [1.29, 1.82) is 0 Å². The number of ether oxygens (including phenoxy) is 1. The molecule has 0 unspecified atom stereocenters. The Labute approximate surface area is 132 Å². The molecule has 2 saturated heterocycles. The normalized spacial score (nSPS) is 21.6. The average molecular weight is 312 g/mol. The molecular weight excluding hydrogens is 284 g/mol. The molecule has 0 bridgehead atoms. The topological polar surface area (TPSA) is 65.1 Å². The molecule has 0 atom stereocenters. The van der Waals surface area contributed by atoms with Crippen LogP contribution in [-0.2, 0) is 9.53 Å². The van der Waals surface area contributed by atoms with Gasteiger partial charge >= 0.3 is 6.09 Å². The van der Waals surface area contributed by atoms with E-state index in [-0.39, 0.29) is 18.0 Å². The first-order valence-corrected chi connectivity index (χ1v) is 8.20. The van der Waals surface area contributed by atoms with E-state index >= 15 is 0 Å². The molecule has 2 rings (SSSR count). The van der Waals surface area contributed by atoms with Gasteiger partial charge in [0, 0.05) is 45.3 Å². The molecule has 2 fully saturated rings. The molecule has 2 amide bonds. The van der Waals surface area contributed by atoms with Crippen molar-refractivity contribution in [2.24, 2.45) is 0 Å². The Morgan fingerprint density at radius 1 is 1.09 bits per heavy atom. The molecule has 0 radical (unpaired) electrons. The lowest BCUT2D eigenvalue weighted by molar-refractivity contribution is -0.123. The van der Waals surface area contributed by atoms with Gasteiger partial charge in [0.15, 0.2) is 0 Å². The fraction of sp³-hybridized carbons (Fsp3) is 0.867. The van der Waals surface area contributed by atoms with Crippen LogP contribution in [0.2, 0.25) is 0 Å².